The number of amides is 1. The van der Waals surface area contributed by atoms with E-state index in [-0.39, 0.29) is 11.7 Å². The summed E-state index contributed by atoms with van der Waals surface area (Å²) < 4.78 is 16.1. The average Bonchev–Trinajstić information content (AvgIpc) is 3.64. The Hall–Kier alpha value is -3.53. The summed E-state index contributed by atoms with van der Waals surface area (Å²) in [6.07, 6.45) is 7.95. The standard InChI is InChI=1S/C27H35FN8O/c1-17-13-20(5-6-21(17)28)22-15-36(12-9-31-14-18-3-4-18)26(34-22)19-7-10-35(11-8-19)27-23(24(29)37)25(30-2)32-16-33-27/h5-6,13,15-16,18-19,31H,3-4,7-12,14H2,1-2H3,(H2,29,37)(H,30,32,33). The molecule has 0 unspecified atom stereocenters. The Morgan fingerprint density at radius 2 is 1.97 bits per heavy atom. The summed E-state index contributed by atoms with van der Waals surface area (Å²) in [4.78, 5) is 27.9. The molecule has 3 heterocycles. The molecule has 37 heavy (non-hydrogen) atoms. The molecule has 2 fully saturated rings. The molecule has 1 aliphatic heterocycles. The number of rotatable bonds is 10. The summed E-state index contributed by atoms with van der Waals surface area (Å²) in [5.74, 6) is 2.40. The van der Waals surface area contributed by atoms with Gasteiger partial charge in [-0.3, -0.25) is 4.79 Å². The Balaban J connectivity index is 1.35. The van der Waals surface area contributed by atoms with Gasteiger partial charge in [0.15, 0.2) is 0 Å². The maximum Gasteiger partial charge on any atom is 0.256 e. The molecule has 196 valence electrons. The number of anilines is 2. The fourth-order valence-electron chi connectivity index (χ4n) is 5.09. The molecule has 0 spiro atoms. The van der Waals surface area contributed by atoms with Crippen LogP contribution in [0.1, 0.15) is 53.3 Å². The lowest BCUT2D eigenvalue weighted by molar-refractivity contribution is 0.100. The van der Waals surface area contributed by atoms with Crippen LogP contribution in [0.2, 0.25) is 0 Å². The van der Waals surface area contributed by atoms with Crippen LogP contribution in [-0.4, -0.2) is 58.7 Å². The van der Waals surface area contributed by atoms with Crippen molar-refractivity contribution in [2.45, 2.75) is 45.1 Å². The molecule has 1 saturated carbocycles. The number of primary amides is 1. The van der Waals surface area contributed by atoms with E-state index in [1.54, 1.807) is 20.0 Å². The normalized spacial score (nSPS) is 16.2. The van der Waals surface area contributed by atoms with Gasteiger partial charge < -0.3 is 25.8 Å². The Morgan fingerprint density at radius 1 is 1.19 bits per heavy atom. The Morgan fingerprint density at radius 3 is 2.65 bits per heavy atom. The first-order chi connectivity index (χ1) is 17.9. The van der Waals surface area contributed by atoms with Crippen molar-refractivity contribution in [1.82, 2.24) is 24.8 Å². The van der Waals surface area contributed by atoms with Gasteiger partial charge in [-0.25, -0.2) is 19.3 Å². The van der Waals surface area contributed by atoms with Gasteiger partial charge in [0.25, 0.3) is 5.91 Å². The highest BCUT2D eigenvalue weighted by molar-refractivity contribution is 6.02. The van der Waals surface area contributed by atoms with Gasteiger partial charge >= 0.3 is 0 Å². The minimum atomic E-state index is -0.546. The van der Waals surface area contributed by atoms with Gasteiger partial charge in [-0.2, -0.15) is 0 Å². The highest BCUT2D eigenvalue weighted by Gasteiger charge is 2.29. The lowest BCUT2D eigenvalue weighted by atomic mass is 9.95. The summed E-state index contributed by atoms with van der Waals surface area (Å²) in [6.45, 7) is 6.02. The lowest BCUT2D eigenvalue weighted by Gasteiger charge is -2.33. The number of imidazole rings is 1. The van der Waals surface area contributed by atoms with Crippen molar-refractivity contribution < 1.29 is 9.18 Å². The highest BCUT2D eigenvalue weighted by Crippen LogP contribution is 2.33. The van der Waals surface area contributed by atoms with Crippen LogP contribution in [0.5, 0.6) is 0 Å². The zero-order chi connectivity index (χ0) is 25.9. The van der Waals surface area contributed by atoms with Crippen molar-refractivity contribution in [3.63, 3.8) is 0 Å². The largest absolute Gasteiger partial charge is 0.372 e. The fraction of sp³-hybridized carbons (Fsp3) is 0.481. The Bertz CT molecular complexity index is 1260. The number of nitrogens with two attached hydrogens (primary N) is 1. The highest BCUT2D eigenvalue weighted by atomic mass is 19.1. The van der Waals surface area contributed by atoms with Crippen molar-refractivity contribution in [3.05, 3.63) is 53.5 Å². The molecule has 1 aromatic carbocycles. The van der Waals surface area contributed by atoms with Gasteiger partial charge in [0, 0.05) is 50.9 Å². The molecule has 2 aromatic heterocycles. The average molecular weight is 507 g/mol. The lowest BCUT2D eigenvalue weighted by Crippen LogP contribution is -2.36. The van der Waals surface area contributed by atoms with E-state index in [0.717, 1.165) is 68.6 Å². The second-order valence-corrected chi connectivity index (χ2v) is 10.1. The van der Waals surface area contributed by atoms with Crippen molar-refractivity contribution >= 4 is 17.5 Å². The number of hydrogen-bond acceptors (Lipinski definition) is 7. The smallest absolute Gasteiger partial charge is 0.256 e. The van der Waals surface area contributed by atoms with Crippen LogP contribution in [0.3, 0.4) is 0 Å². The molecule has 1 amide bonds. The summed E-state index contributed by atoms with van der Waals surface area (Å²) in [6, 6.07) is 5.17. The van der Waals surface area contributed by atoms with Crippen molar-refractivity contribution in [2.75, 3.05) is 43.4 Å². The number of benzene rings is 1. The van der Waals surface area contributed by atoms with E-state index in [4.69, 9.17) is 10.7 Å². The fourth-order valence-corrected chi connectivity index (χ4v) is 5.09. The maximum absolute atomic E-state index is 13.9. The quantitative estimate of drug-likeness (QED) is 0.362. The van der Waals surface area contributed by atoms with Gasteiger partial charge in [-0.15, -0.1) is 0 Å². The van der Waals surface area contributed by atoms with Crippen LogP contribution >= 0.6 is 0 Å². The summed E-state index contributed by atoms with van der Waals surface area (Å²) in [5, 5.41) is 6.52. The van der Waals surface area contributed by atoms with Crippen LogP contribution < -0.4 is 21.3 Å². The second kappa shape index (κ2) is 10.8. The van der Waals surface area contributed by atoms with Crippen molar-refractivity contribution in [2.24, 2.45) is 11.7 Å². The van der Waals surface area contributed by atoms with Crippen molar-refractivity contribution in [3.8, 4) is 11.3 Å². The molecular weight excluding hydrogens is 471 g/mol. The second-order valence-electron chi connectivity index (χ2n) is 10.1. The SMILES string of the molecule is CNc1ncnc(N2CCC(c3nc(-c4ccc(F)c(C)c4)cn3CCNCC3CC3)CC2)c1C(N)=O. The topological polar surface area (TPSA) is 114 Å². The molecule has 1 aliphatic carbocycles. The molecule has 0 radical (unpaired) electrons. The number of piperidine rings is 1. The Labute approximate surface area is 216 Å². The van der Waals surface area contributed by atoms with Crippen LogP contribution in [0, 0.1) is 18.7 Å². The van der Waals surface area contributed by atoms with Gasteiger partial charge in [-0.1, -0.05) is 0 Å². The zero-order valence-electron chi connectivity index (χ0n) is 21.5. The van der Waals surface area contributed by atoms with Crippen molar-refractivity contribution in [1.29, 1.82) is 0 Å². The van der Waals surface area contributed by atoms with E-state index < -0.39 is 5.91 Å². The van der Waals surface area contributed by atoms with E-state index in [9.17, 15) is 9.18 Å². The van der Waals surface area contributed by atoms with Gasteiger partial charge in [0.1, 0.15) is 35.2 Å². The molecule has 1 saturated heterocycles. The number of halogens is 1. The number of nitrogens with one attached hydrogen (secondary N) is 2. The minimum Gasteiger partial charge on any atom is -0.372 e. The first-order valence-corrected chi connectivity index (χ1v) is 13.1. The number of carbonyl (C=O) groups excluding carboxylic acids is 1. The third-order valence-electron chi connectivity index (χ3n) is 7.39. The molecule has 0 bridgehead atoms. The van der Waals surface area contributed by atoms with E-state index in [1.165, 1.54) is 25.2 Å². The van der Waals surface area contributed by atoms with Gasteiger partial charge in [0.05, 0.1) is 5.69 Å². The predicted octanol–water partition coefficient (Wildman–Crippen LogP) is 3.31. The van der Waals surface area contributed by atoms with Crippen LogP contribution in [0.25, 0.3) is 11.3 Å². The molecule has 2 aliphatic rings. The number of aryl methyl sites for hydroxylation is 1. The number of carbonyl (C=O) groups is 1. The number of nitrogens with zero attached hydrogens (tertiary/aromatic N) is 5. The van der Waals surface area contributed by atoms with E-state index in [0.29, 0.717) is 22.8 Å². The third kappa shape index (κ3) is 5.58. The first kappa shape index (κ1) is 25.1. The minimum absolute atomic E-state index is 0.207. The molecule has 9 nitrogen and oxygen atoms in total. The summed E-state index contributed by atoms with van der Waals surface area (Å²) >= 11 is 0. The number of aromatic nitrogens is 4. The molecule has 4 N–H and O–H groups in total. The molecule has 5 rings (SSSR count). The Kier molecular flexibility index (Phi) is 7.36. The summed E-state index contributed by atoms with van der Waals surface area (Å²) in [5.41, 5.74) is 8.39. The summed E-state index contributed by atoms with van der Waals surface area (Å²) in [7, 11) is 1.71. The number of hydrogen-bond donors (Lipinski definition) is 3. The third-order valence-corrected chi connectivity index (χ3v) is 7.39. The molecule has 3 aromatic rings. The van der Waals surface area contributed by atoms with Crippen LogP contribution in [0.4, 0.5) is 16.0 Å². The van der Waals surface area contributed by atoms with Crippen LogP contribution in [0.15, 0.2) is 30.7 Å². The zero-order valence-corrected chi connectivity index (χ0v) is 21.5. The van der Waals surface area contributed by atoms with E-state index in [2.05, 4.69) is 36.3 Å². The maximum atomic E-state index is 13.9. The predicted molar refractivity (Wildman–Crippen MR) is 142 cm³/mol. The molecular formula is C27H35FN8O. The van der Waals surface area contributed by atoms with Gasteiger partial charge in [-0.05, 0) is 68.8 Å². The van der Waals surface area contributed by atoms with E-state index in [1.807, 2.05) is 6.07 Å². The monoisotopic (exact) mass is 506 g/mol. The van der Waals surface area contributed by atoms with E-state index >= 15 is 0 Å². The van der Waals surface area contributed by atoms with Gasteiger partial charge in [0.2, 0.25) is 0 Å². The molecule has 0 atom stereocenters. The first-order valence-electron chi connectivity index (χ1n) is 13.1. The molecule has 10 heteroatoms. The van der Waals surface area contributed by atoms with Crippen LogP contribution in [-0.2, 0) is 6.54 Å².